The van der Waals surface area contributed by atoms with E-state index in [1.165, 1.54) is 31.9 Å². The molecule has 1 aromatic heterocycles. The Labute approximate surface area is 146 Å². The predicted molar refractivity (Wildman–Crippen MR) is 96.9 cm³/mol. The number of carbonyl (C=O) groups excluding carboxylic acids is 1. The summed E-state index contributed by atoms with van der Waals surface area (Å²) in [6, 6.07) is -0.253. The van der Waals surface area contributed by atoms with Crippen molar-refractivity contribution in [2.24, 2.45) is 5.73 Å². The molecule has 1 unspecified atom stereocenters. The molecule has 1 aromatic rings. The summed E-state index contributed by atoms with van der Waals surface area (Å²) in [7, 11) is 0. The second-order valence-corrected chi connectivity index (χ2v) is 6.24. The number of oxazole rings is 1. The molecule has 3 N–H and O–H groups in total. The van der Waals surface area contributed by atoms with E-state index >= 15 is 0 Å². The highest BCUT2D eigenvalue weighted by molar-refractivity contribution is 5.91. The van der Waals surface area contributed by atoms with Crippen LogP contribution in [0.1, 0.15) is 81.7 Å². The molecule has 1 rings (SSSR count). The third kappa shape index (κ3) is 7.45. The topological polar surface area (TPSA) is 84.4 Å². The summed E-state index contributed by atoms with van der Waals surface area (Å²) in [5, 5.41) is 2.91. The van der Waals surface area contributed by atoms with Crippen LogP contribution in [-0.4, -0.2) is 42.0 Å². The summed E-state index contributed by atoms with van der Waals surface area (Å²) >= 11 is 0. The lowest BCUT2D eigenvalue weighted by atomic mass is 10.2. The van der Waals surface area contributed by atoms with Crippen LogP contribution in [0.3, 0.4) is 0 Å². The van der Waals surface area contributed by atoms with E-state index in [-0.39, 0.29) is 11.9 Å². The maximum Gasteiger partial charge on any atom is 0.273 e. The fourth-order valence-electron chi connectivity index (χ4n) is 2.43. The molecular formula is C18H34N4O2. The maximum absolute atomic E-state index is 12.1. The number of rotatable bonds is 13. The van der Waals surface area contributed by atoms with Crippen molar-refractivity contribution in [3.05, 3.63) is 17.8 Å². The smallest absolute Gasteiger partial charge is 0.273 e. The van der Waals surface area contributed by atoms with Gasteiger partial charge in [-0.15, -0.1) is 0 Å². The third-order valence-electron chi connectivity index (χ3n) is 4.10. The first-order chi connectivity index (χ1) is 11.6. The van der Waals surface area contributed by atoms with Crippen molar-refractivity contribution < 1.29 is 9.21 Å². The fraction of sp³-hybridized carbons (Fsp3) is 0.778. The van der Waals surface area contributed by atoms with Crippen LogP contribution in [0.4, 0.5) is 0 Å². The summed E-state index contributed by atoms with van der Waals surface area (Å²) in [5.41, 5.74) is 6.16. The standard InChI is InChI=1S/C18H34N4O2/c1-4-7-11-22(12-8-5-2)13-9-10-20-17(23)16-14-24-18(21-16)15(19)6-3/h14-15H,4-13,19H2,1-3H3,(H,20,23). The molecule has 0 aliphatic rings. The van der Waals surface area contributed by atoms with Crippen molar-refractivity contribution in [3.63, 3.8) is 0 Å². The van der Waals surface area contributed by atoms with Crippen molar-refractivity contribution >= 4 is 5.91 Å². The minimum absolute atomic E-state index is 0.193. The van der Waals surface area contributed by atoms with Crippen LogP contribution in [-0.2, 0) is 0 Å². The number of nitrogens with zero attached hydrogens (tertiary/aromatic N) is 2. The van der Waals surface area contributed by atoms with Gasteiger partial charge >= 0.3 is 0 Å². The molecular weight excluding hydrogens is 304 g/mol. The number of nitrogens with two attached hydrogens (primary N) is 1. The van der Waals surface area contributed by atoms with Crippen LogP contribution in [0.5, 0.6) is 0 Å². The monoisotopic (exact) mass is 338 g/mol. The van der Waals surface area contributed by atoms with Gasteiger partial charge in [0, 0.05) is 6.54 Å². The summed E-state index contributed by atoms with van der Waals surface area (Å²) in [4.78, 5) is 18.7. The minimum Gasteiger partial charge on any atom is -0.446 e. The molecule has 0 radical (unpaired) electrons. The highest BCUT2D eigenvalue weighted by Gasteiger charge is 2.15. The van der Waals surface area contributed by atoms with Gasteiger partial charge in [-0.3, -0.25) is 4.79 Å². The molecule has 0 spiro atoms. The molecule has 0 saturated carbocycles. The Morgan fingerprint density at radius 3 is 2.42 bits per heavy atom. The zero-order valence-electron chi connectivity index (χ0n) is 15.5. The summed E-state index contributed by atoms with van der Waals surface area (Å²) in [5.74, 6) is 0.231. The van der Waals surface area contributed by atoms with E-state index in [0.717, 1.165) is 32.5 Å². The Hall–Kier alpha value is -1.40. The average molecular weight is 338 g/mol. The van der Waals surface area contributed by atoms with Crippen LogP contribution in [0.2, 0.25) is 0 Å². The predicted octanol–water partition coefficient (Wildman–Crippen LogP) is 3.11. The molecule has 0 aliphatic heterocycles. The van der Waals surface area contributed by atoms with Crippen molar-refractivity contribution in [2.75, 3.05) is 26.2 Å². The number of nitrogens with one attached hydrogen (secondary N) is 1. The minimum atomic E-state index is -0.253. The van der Waals surface area contributed by atoms with Gasteiger partial charge in [-0.2, -0.15) is 0 Å². The van der Waals surface area contributed by atoms with Gasteiger partial charge in [0.05, 0.1) is 6.04 Å². The van der Waals surface area contributed by atoms with E-state index in [4.69, 9.17) is 10.2 Å². The molecule has 1 atom stereocenters. The number of hydrogen-bond donors (Lipinski definition) is 2. The summed E-state index contributed by atoms with van der Waals surface area (Å²) < 4.78 is 5.27. The normalized spacial score (nSPS) is 12.5. The van der Waals surface area contributed by atoms with E-state index in [9.17, 15) is 4.79 Å². The van der Waals surface area contributed by atoms with Crippen LogP contribution < -0.4 is 11.1 Å². The fourth-order valence-corrected chi connectivity index (χ4v) is 2.43. The average Bonchev–Trinajstić information content (AvgIpc) is 3.09. The molecule has 6 heteroatoms. The zero-order chi connectivity index (χ0) is 17.8. The van der Waals surface area contributed by atoms with E-state index < -0.39 is 0 Å². The lowest BCUT2D eigenvalue weighted by Crippen LogP contribution is -2.31. The maximum atomic E-state index is 12.1. The quantitative estimate of drug-likeness (QED) is 0.540. The lowest BCUT2D eigenvalue weighted by molar-refractivity contribution is 0.0946. The Morgan fingerprint density at radius 1 is 1.21 bits per heavy atom. The zero-order valence-corrected chi connectivity index (χ0v) is 15.5. The molecule has 0 saturated heterocycles. The van der Waals surface area contributed by atoms with Gasteiger partial charge in [0.25, 0.3) is 5.91 Å². The summed E-state index contributed by atoms with van der Waals surface area (Å²) in [6.07, 6.45) is 7.95. The molecule has 0 aromatic carbocycles. The molecule has 6 nitrogen and oxygen atoms in total. The number of unbranched alkanes of at least 4 members (excludes halogenated alkanes) is 2. The highest BCUT2D eigenvalue weighted by Crippen LogP contribution is 2.12. The molecule has 24 heavy (non-hydrogen) atoms. The Kier molecular flexibility index (Phi) is 10.4. The van der Waals surface area contributed by atoms with Gasteiger partial charge in [0.1, 0.15) is 6.26 Å². The van der Waals surface area contributed by atoms with Gasteiger partial charge < -0.3 is 20.4 Å². The molecule has 0 aliphatic carbocycles. The van der Waals surface area contributed by atoms with E-state index in [0.29, 0.717) is 18.1 Å². The lowest BCUT2D eigenvalue weighted by Gasteiger charge is -2.21. The van der Waals surface area contributed by atoms with Gasteiger partial charge in [-0.1, -0.05) is 33.6 Å². The molecule has 138 valence electrons. The van der Waals surface area contributed by atoms with Crippen LogP contribution in [0.15, 0.2) is 10.7 Å². The largest absolute Gasteiger partial charge is 0.446 e. The van der Waals surface area contributed by atoms with Crippen molar-refractivity contribution in [3.8, 4) is 0 Å². The van der Waals surface area contributed by atoms with E-state index in [1.807, 2.05) is 6.92 Å². The van der Waals surface area contributed by atoms with E-state index in [2.05, 4.69) is 29.0 Å². The Balaban J connectivity index is 2.31. The van der Waals surface area contributed by atoms with Crippen LogP contribution in [0, 0.1) is 0 Å². The van der Waals surface area contributed by atoms with Crippen LogP contribution in [0.25, 0.3) is 0 Å². The van der Waals surface area contributed by atoms with E-state index in [1.54, 1.807) is 0 Å². The first-order valence-electron chi connectivity index (χ1n) is 9.33. The molecule has 0 bridgehead atoms. The summed E-state index contributed by atoms with van der Waals surface area (Å²) in [6.45, 7) is 10.3. The number of hydrogen-bond acceptors (Lipinski definition) is 5. The van der Waals surface area contributed by atoms with Gasteiger partial charge in [-0.05, 0) is 45.3 Å². The Morgan fingerprint density at radius 2 is 1.83 bits per heavy atom. The number of amides is 1. The Bertz CT molecular complexity index is 454. The number of aromatic nitrogens is 1. The van der Waals surface area contributed by atoms with Crippen LogP contribution >= 0.6 is 0 Å². The molecule has 1 heterocycles. The van der Waals surface area contributed by atoms with Gasteiger partial charge in [-0.25, -0.2) is 4.98 Å². The van der Waals surface area contributed by atoms with Gasteiger partial charge in [0.15, 0.2) is 5.69 Å². The molecule has 1 amide bonds. The highest BCUT2D eigenvalue weighted by atomic mass is 16.3. The third-order valence-corrected chi connectivity index (χ3v) is 4.10. The second-order valence-electron chi connectivity index (χ2n) is 6.24. The number of carbonyl (C=O) groups is 1. The first-order valence-corrected chi connectivity index (χ1v) is 9.33. The van der Waals surface area contributed by atoms with Gasteiger partial charge in [0.2, 0.25) is 5.89 Å². The van der Waals surface area contributed by atoms with Crippen molar-refractivity contribution in [1.29, 1.82) is 0 Å². The van der Waals surface area contributed by atoms with Crippen molar-refractivity contribution in [1.82, 2.24) is 15.2 Å². The van der Waals surface area contributed by atoms with Crippen molar-refractivity contribution in [2.45, 2.75) is 65.3 Å². The SMILES string of the molecule is CCCCN(CCCC)CCCNC(=O)c1coc(C(N)CC)n1. The molecule has 0 fully saturated rings. The first kappa shape index (κ1) is 20.6. The second kappa shape index (κ2) is 12.0.